The van der Waals surface area contributed by atoms with Gasteiger partial charge in [0.2, 0.25) is 5.91 Å². The van der Waals surface area contributed by atoms with Gasteiger partial charge in [0.05, 0.1) is 6.61 Å². The molecule has 4 heteroatoms. The number of nitrogens with one attached hydrogen (secondary N) is 1. The minimum absolute atomic E-state index is 0.204. The van der Waals surface area contributed by atoms with E-state index in [0.29, 0.717) is 11.6 Å². The number of ether oxygens (including phenoxy) is 1. The van der Waals surface area contributed by atoms with Crippen molar-refractivity contribution in [1.29, 1.82) is 0 Å². The Morgan fingerprint density at radius 1 is 1.17 bits per heavy atom. The molecule has 0 aliphatic rings. The van der Waals surface area contributed by atoms with Crippen LogP contribution in [0.5, 0.6) is 5.75 Å². The van der Waals surface area contributed by atoms with Gasteiger partial charge in [-0.2, -0.15) is 0 Å². The summed E-state index contributed by atoms with van der Waals surface area (Å²) in [6.45, 7) is 2.83. The van der Waals surface area contributed by atoms with Crippen molar-refractivity contribution in [1.82, 2.24) is 0 Å². The standard InChI is InChI=1S/C19H20ClNO2/c1-2-3-14-23-17-11-9-16(10-12-17)21-19(22)13-8-15-6-4-5-7-18(15)20/h4-13H,2-3,14H2,1H3,(H,21,22). The number of rotatable bonds is 7. The van der Waals surface area contributed by atoms with Crippen LogP contribution in [0.1, 0.15) is 25.3 Å². The minimum Gasteiger partial charge on any atom is -0.494 e. The maximum absolute atomic E-state index is 11.9. The van der Waals surface area contributed by atoms with Crippen LogP contribution in [-0.4, -0.2) is 12.5 Å². The first kappa shape index (κ1) is 17.1. The van der Waals surface area contributed by atoms with E-state index >= 15 is 0 Å². The molecule has 2 aromatic carbocycles. The Balaban J connectivity index is 1.89. The SMILES string of the molecule is CCCCOc1ccc(NC(=O)C=Cc2ccccc2Cl)cc1. The number of benzene rings is 2. The lowest BCUT2D eigenvalue weighted by molar-refractivity contribution is -0.111. The average Bonchev–Trinajstić information content (AvgIpc) is 2.56. The average molecular weight is 330 g/mol. The van der Waals surface area contributed by atoms with E-state index in [1.165, 1.54) is 6.08 Å². The molecule has 120 valence electrons. The van der Waals surface area contributed by atoms with Crippen molar-refractivity contribution in [2.75, 3.05) is 11.9 Å². The van der Waals surface area contributed by atoms with Gasteiger partial charge in [-0.05, 0) is 48.4 Å². The van der Waals surface area contributed by atoms with Crippen molar-refractivity contribution < 1.29 is 9.53 Å². The molecule has 0 radical (unpaired) electrons. The van der Waals surface area contributed by atoms with Crippen molar-refractivity contribution in [2.24, 2.45) is 0 Å². The van der Waals surface area contributed by atoms with E-state index < -0.39 is 0 Å². The van der Waals surface area contributed by atoms with Crippen molar-refractivity contribution >= 4 is 29.3 Å². The van der Waals surface area contributed by atoms with Crippen LogP contribution >= 0.6 is 11.6 Å². The van der Waals surface area contributed by atoms with Gasteiger partial charge in [-0.1, -0.05) is 43.1 Å². The summed E-state index contributed by atoms with van der Waals surface area (Å²) in [6, 6.07) is 14.7. The zero-order chi connectivity index (χ0) is 16.5. The molecule has 2 aromatic rings. The van der Waals surface area contributed by atoms with Gasteiger partial charge in [-0.3, -0.25) is 4.79 Å². The summed E-state index contributed by atoms with van der Waals surface area (Å²) in [6.07, 6.45) is 5.30. The number of anilines is 1. The highest BCUT2D eigenvalue weighted by molar-refractivity contribution is 6.32. The molecule has 0 saturated heterocycles. The molecule has 3 nitrogen and oxygen atoms in total. The van der Waals surface area contributed by atoms with Crippen LogP contribution in [0.3, 0.4) is 0 Å². The number of carbonyl (C=O) groups excluding carboxylic acids is 1. The van der Waals surface area contributed by atoms with Crippen LogP contribution < -0.4 is 10.1 Å². The molecule has 1 N–H and O–H groups in total. The fraction of sp³-hybridized carbons (Fsp3) is 0.211. The summed E-state index contributed by atoms with van der Waals surface area (Å²) in [5, 5.41) is 3.42. The van der Waals surface area contributed by atoms with Crippen molar-refractivity contribution in [2.45, 2.75) is 19.8 Å². The summed E-state index contributed by atoms with van der Waals surface area (Å²) >= 11 is 6.04. The largest absolute Gasteiger partial charge is 0.494 e. The molecule has 23 heavy (non-hydrogen) atoms. The van der Waals surface area contributed by atoms with Gasteiger partial charge in [0.15, 0.2) is 0 Å². The first-order chi connectivity index (χ1) is 11.2. The number of hydrogen-bond donors (Lipinski definition) is 1. The summed E-state index contributed by atoms with van der Waals surface area (Å²) in [5.74, 6) is 0.604. The third-order valence-electron chi connectivity index (χ3n) is 3.21. The lowest BCUT2D eigenvalue weighted by Crippen LogP contribution is -2.07. The Morgan fingerprint density at radius 3 is 2.61 bits per heavy atom. The molecule has 0 spiro atoms. The Kier molecular flexibility index (Phi) is 6.70. The monoisotopic (exact) mass is 329 g/mol. The van der Waals surface area contributed by atoms with Gasteiger partial charge in [-0.25, -0.2) is 0 Å². The van der Waals surface area contributed by atoms with Gasteiger partial charge < -0.3 is 10.1 Å². The zero-order valence-corrected chi connectivity index (χ0v) is 13.8. The van der Waals surface area contributed by atoms with Crippen LogP contribution in [0, 0.1) is 0 Å². The molecule has 0 aliphatic heterocycles. The molecule has 0 aromatic heterocycles. The van der Waals surface area contributed by atoms with E-state index in [1.54, 1.807) is 12.1 Å². The van der Waals surface area contributed by atoms with Crippen molar-refractivity contribution in [3.8, 4) is 5.75 Å². The highest BCUT2D eigenvalue weighted by Crippen LogP contribution is 2.18. The molecular formula is C19H20ClNO2. The predicted molar refractivity (Wildman–Crippen MR) is 96.0 cm³/mol. The molecule has 0 heterocycles. The highest BCUT2D eigenvalue weighted by Gasteiger charge is 2.00. The molecule has 0 aliphatic carbocycles. The first-order valence-corrected chi connectivity index (χ1v) is 8.03. The quantitative estimate of drug-likeness (QED) is 0.562. The highest BCUT2D eigenvalue weighted by atomic mass is 35.5. The van der Waals surface area contributed by atoms with Gasteiger partial charge in [-0.15, -0.1) is 0 Å². The van der Waals surface area contributed by atoms with Gasteiger partial charge >= 0.3 is 0 Å². The maximum atomic E-state index is 11.9. The van der Waals surface area contributed by atoms with Crippen LogP contribution in [0.4, 0.5) is 5.69 Å². The summed E-state index contributed by atoms with van der Waals surface area (Å²) in [7, 11) is 0. The number of carbonyl (C=O) groups is 1. The number of hydrogen-bond acceptors (Lipinski definition) is 2. The smallest absolute Gasteiger partial charge is 0.248 e. The third kappa shape index (κ3) is 5.80. The Bertz CT molecular complexity index is 665. The fourth-order valence-electron chi connectivity index (χ4n) is 1.93. The normalized spacial score (nSPS) is 10.7. The number of amides is 1. The van der Waals surface area contributed by atoms with E-state index in [0.717, 1.165) is 29.8 Å². The topological polar surface area (TPSA) is 38.3 Å². The molecule has 1 amide bonds. The van der Waals surface area contributed by atoms with E-state index in [4.69, 9.17) is 16.3 Å². The van der Waals surface area contributed by atoms with Crippen molar-refractivity contribution in [3.05, 3.63) is 65.2 Å². The number of unbranched alkanes of at least 4 members (excludes halogenated alkanes) is 1. The Labute approximate surface area is 141 Å². The lowest BCUT2D eigenvalue weighted by Gasteiger charge is -2.07. The second kappa shape index (κ2) is 9.01. The summed E-state index contributed by atoms with van der Waals surface area (Å²) in [5.41, 5.74) is 1.53. The minimum atomic E-state index is -0.204. The second-order valence-corrected chi connectivity index (χ2v) is 5.48. The Hall–Kier alpha value is -2.26. The van der Waals surface area contributed by atoms with Crippen molar-refractivity contribution in [3.63, 3.8) is 0 Å². The van der Waals surface area contributed by atoms with E-state index in [-0.39, 0.29) is 5.91 Å². The van der Waals surface area contributed by atoms with Crippen LogP contribution in [-0.2, 0) is 4.79 Å². The molecular weight excluding hydrogens is 310 g/mol. The van der Waals surface area contributed by atoms with Crippen LogP contribution in [0.2, 0.25) is 5.02 Å². The zero-order valence-electron chi connectivity index (χ0n) is 13.1. The number of halogens is 1. The molecule has 0 saturated carbocycles. The first-order valence-electron chi connectivity index (χ1n) is 7.65. The van der Waals surface area contributed by atoms with Crippen LogP contribution in [0.15, 0.2) is 54.6 Å². The molecule has 0 unspecified atom stereocenters. The predicted octanol–water partition coefficient (Wildman–Crippen LogP) is 5.17. The van der Waals surface area contributed by atoms with E-state index in [2.05, 4.69) is 12.2 Å². The molecule has 2 rings (SSSR count). The van der Waals surface area contributed by atoms with E-state index in [1.807, 2.05) is 42.5 Å². The van der Waals surface area contributed by atoms with E-state index in [9.17, 15) is 4.79 Å². The summed E-state index contributed by atoms with van der Waals surface area (Å²) in [4.78, 5) is 11.9. The lowest BCUT2D eigenvalue weighted by atomic mass is 10.2. The fourth-order valence-corrected chi connectivity index (χ4v) is 2.13. The van der Waals surface area contributed by atoms with Crippen LogP contribution in [0.25, 0.3) is 6.08 Å². The molecule has 0 fully saturated rings. The summed E-state index contributed by atoms with van der Waals surface area (Å²) < 4.78 is 5.58. The van der Waals surface area contributed by atoms with Gasteiger partial charge in [0.1, 0.15) is 5.75 Å². The van der Waals surface area contributed by atoms with Gasteiger partial charge in [0, 0.05) is 16.8 Å². The molecule has 0 atom stereocenters. The maximum Gasteiger partial charge on any atom is 0.248 e. The second-order valence-electron chi connectivity index (χ2n) is 5.07. The Morgan fingerprint density at radius 2 is 1.91 bits per heavy atom. The third-order valence-corrected chi connectivity index (χ3v) is 3.55. The molecule has 0 bridgehead atoms. The van der Waals surface area contributed by atoms with Gasteiger partial charge in [0.25, 0.3) is 0 Å².